The van der Waals surface area contributed by atoms with Crippen molar-refractivity contribution in [3.63, 3.8) is 0 Å². The number of anilines is 1. The zero-order valence-electron chi connectivity index (χ0n) is 11.4. The van der Waals surface area contributed by atoms with Gasteiger partial charge in [0.15, 0.2) is 0 Å². The van der Waals surface area contributed by atoms with Crippen molar-refractivity contribution in [3.05, 3.63) is 52.0 Å². The number of rotatable bonds is 4. The SMILES string of the molecule is COc1ccccc1NC(=O)c1cc(Cl)cc(Cl)c1OC. The van der Waals surface area contributed by atoms with Crippen LogP contribution in [0.3, 0.4) is 0 Å². The molecule has 0 aliphatic carbocycles. The van der Waals surface area contributed by atoms with Gasteiger partial charge in [0.1, 0.15) is 11.5 Å². The number of benzene rings is 2. The number of hydrogen-bond acceptors (Lipinski definition) is 3. The first-order valence-corrected chi connectivity index (χ1v) is 6.79. The predicted molar refractivity (Wildman–Crippen MR) is 84.0 cm³/mol. The minimum Gasteiger partial charge on any atom is -0.495 e. The van der Waals surface area contributed by atoms with Gasteiger partial charge in [-0.1, -0.05) is 35.3 Å². The van der Waals surface area contributed by atoms with Gasteiger partial charge in [-0.15, -0.1) is 0 Å². The number of para-hydroxylation sites is 2. The van der Waals surface area contributed by atoms with Crippen LogP contribution < -0.4 is 14.8 Å². The van der Waals surface area contributed by atoms with E-state index in [-0.39, 0.29) is 22.2 Å². The van der Waals surface area contributed by atoms with E-state index >= 15 is 0 Å². The van der Waals surface area contributed by atoms with Gasteiger partial charge in [-0.05, 0) is 24.3 Å². The quantitative estimate of drug-likeness (QED) is 0.913. The van der Waals surface area contributed by atoms with Crippen molar-refractivity contribution in [2.75, 3.05) is 19.5 Å². The van der Waals surface area contributed by atoms with Crippen molar-refractivity contribution >= 4 is 34.8 Å². The number of amides is 1. The number of hydrogen-bond donors (Lipinski definition) is 1. The number of carbonyl (C=O) groups excluding carboxylic acids is 1. The van der Waals surface area contributed by atoms with Crippen LogP contribution in [0.15, 0.2) is 36.4 Å². The summed E-state index contributed by atoms with van der Waals surface area (Å²) in [6.07, 6.45) is 0. The molecule has 2 aromatic carbocycles. The molecular formula is C15H13Cl2NO3. The summed E-state index contributed by atoms with van der Waals surface area (Å²) in [5, 5.41) is 3.37. The summed E-state index contributed by atoms with van der Waals surface area (Å²) in [6, 6.07) is 10.1. The molecule has 2 aromatic rings. The summed E-state index contributed by atoms with van der Waals surface area (Å²) in [4.78, 5) is 12.4. The second-order valence-electron chi connectivity index (χ2n) is 4.12. The van der Waals surface area contributed by atoms with E-state index in [1.54, 1.807) is 18.2 Å². The lowest BCUT2D eigenvalue weighted by Gasteiger charge is -2.13. The Morgan fingerprint density at radius 1 is 1.10 bits per heavy atom. The first-order chi connectivity index (χ1) is 10.1. The molecule has 0 bridgehead atoms. The Morgan fingerprint density at radius 2 is 1.81 bits per heavy atom. The standard InChI is InChI=1S/C15H13Cl2NO3/c1-20-13-6-4-3-5-12(13)18-15(19)10-7-9(16)8-11(17)14(10)21-2/h3-8H,1-2H3,(H,18,19). The van der Waals surface area contributed by atoms with E-state index in [1.807, 2.05) is 6.07 Å². The molecule has 0 unspecified atom stereocenters. The fourth-order valence-electron chi connectivity index (χ4n) is 1.87. The van der Waals surface area contributed by atoms with Crippen LogP contribution >= 0.6 is 23.2 Å². The summed E-state index contributed by atoms with van der Waals surface area (Å²) < 4.78 is 10.4. The fourth-order valence-corrected chi connectivity index (χ4v) is 2.44. The predicted octanol–water partition coefficient (Wildman–Crippen LogP) is 4.26. The monoisotopic (exact) mass is 325 g/mol. The molecule has 0 spiro atoms. The van der Waals surface area contributed by atoms with Crippen LogP contribution in [0.4, 0.5) is 5.69 Å². The molecule has 4 nitrogen and oxygen atoms in total. The second kappa shape index (κ2) is 6.70. The first-order valence-electron chi connectivity index (χ1n) is 6.04. The molecule has 1 amide bonds. The summed E-state index contributed by atoms with van der Waals surface area (Å²) in [5.41, 5.74) is 0.795. The second-order valence-corrected chi connectivity index (χ2v) is 4.97. The average molecular weight is 326 g/mol. The van der Waals surface area contributed by atoms with Gasteiger partial charge < -0.3 is 14.8 Å². The maximum Gasteiger partial charge on any atom is 0.259 e. The number of halogens is 2. The van der Waals surface area contributed by atoms with Crippen LogP contribution in [0.5, 0.6) is 11.5 Å². The van der Waals surface area contributed by atoms with Crippen molar-refractivity contribution < 1.29 is 14.3 Å². The normalized spacial score (nSPS) is 10.1. The molecule has 110 valence electrons. The van der Waals surface area contributed by atoms with E-state index in [0.29, 0.717) is 16.5 Å². The molecule has 1 N–H and O–H groups in total. The summed E-state index contributed by atoms with van der Waals surface area (Å²) in [5.74, 6) is 0.437. The van der Waals surface area contributed by atoms with E-state index in [9.17, 15) is 4.79 Å². The lowest BCUT2D eigenvalue weighted by Crippen LogP contribution is -2.14. The van der Waals surface area contributed by atoms with Crippen molar-refractivity contribution in [2.45, 2.75) is 0 Å². The molecule has 0 atom stereocenters. The van der Waals surface area contributed by atoms with Crippen molar-refractivity contribution in [1.82, 2.24) is 0 Å². The Morgan fingerprint density at radius 3 is 2.48 bits per heavy atom. The summed E-state index contributed by atoms with van der Waals surface area (Å²) in [7, 11) is 2.97. The van der Waals surface area contributed by atoms with Gasteiger partial charge >= 0.3 is 0 Å². The van der Waals surface area contributed by atoms with E-state index in [1.165, 1.54) is 26.4 Å². The maximum atomic E-state index is 12.4. The molecule has 0 fully saturated rings. The van der Waals surface area contributed by atoms with Crippen LogP contribution in [0.1, 0.15) is 10.4 Å². The smallest absolute Gasteiger partial charge is 0.259 e. The highest BCUT2D eigenvalue weighted by Gasteiger charge is 2.18. The third-order valence-corrected chi connectivity index (χ3v) is 3.31. The molecule has 0 aliphatic rings. The number of ether oxygens (including phenoxy) is 2. The highest BCUT2D eigenvalue weighted by Crippen LogP contribution is 2.33. The van der Waals surface area contributed by atoms with Gasteiger partial charge in [-0.25, -0.2) is 0 Å². The zero-order chi connectivity index (χ0) is 15.4. The Labute approximate surface area is 132 Å². The zero-order valence-corrected chi connectivity index (χ0v) is 13.0. The maximum absolute atomic E-state index is 12.4. The molecule has 2 rings (SSSR count). The Bertz CT molecular complexity index is 674. The fraction of sp³-hybridized carbons (Fsp3) is 0.133. The highest BCUT2D eigenvalue weighted by molar-refractivity contribution is 6.36. The van der Waals surface area contributed by atoms with Crippen LogP contribution in [0.2, 0.25) is 10.0 Å². The molecule has 0 radical (unpaired) electrons. The van der Waals surface area contributed by atoms with Crippen LogP contribution in [-0.4, -0.2) is 20.1 Å². The van der Waals surface area contributed by atoms with Crippen molar-refractivity contribution in [3.8, 4) is 11.5 Å². The molecule has 0 saturated carbocycles. The molecule has 0 saturated heterocycles. The Balaban J connectivity index is 2.37. The molecule has 6 heteroatoms. The third-order valence-electron chi connectivity index (χ3n) is 2.81. The van der Waals surface area contributed by atoms with E-state index in [0.717, 1.165) is 0 Å². The van der Waals surface area contributed by atoms with E-state index in [4.69, 9.17) is 32.7 Å². The lowest BCUT2D eigenvalue weighted by atomic mass is 10.1. The average Bonchev–Trinajstić information content (AvgIpc) is 2.47. The molecule has 21 heavy (non-hydrogen) atoms. The van der Waals surface area contributed by atoms with Crippen LogP contribution in [0.25, 0.3) is 0 Å². The Hall–Kier alpha value is -1.91. The van der Waals surface area contributed by atoms with Gasteiger partial charge in [-0.3, -0.25) is 4.79 Å². The molecule has 0 aliphatic heterocycles. The number of nitrogens with one attached hydrogen (secondary N) is 1. The Kier molecular flexibility index (Phi) is 4.94. The lowest BCUT2D eigenvalue weighted by molar-refractivity contribution is 0.102. The van der Waals surface area contributed by atoms with Gasteiger partial charge in [-0.2, -0.15) is 0 Å². The van der Waals surface area contributed by atoms with Gasteiger partial charge in [0, 0.05) is 5.02 Å². The number of carbonyl (C=O) groups is 1. The van der Waals surface area contributed by atoms with Crippen molar-refractivity contribution in [2.24, 2.45) is 0 Å². The van der Waals surface area contributed by atoms with Crippen LogP contribution in [-0.2, 0) is 0 Å². The molecule has 0 heterocycles. The van der Waals surface area contributed by atoms with Gasteiger partial charge in [0.2, 0.25) is 0 Å². The molecule has 0 aromatic heterocycles. The summed E-state index contributed by atoms with van der Waals surface area (Å²) in [6.45, 7) is 0. The number of methoxy groups -OCH3 is 2. The summed E-state index contributed by atoms with van der Waals surface area (Å²) >= 11 is 12.0. The third kappa shape index (κ3) is 3.40. The minimum absolute atomic E-state index is 0.251. The molecular weight excluding hydrogens is 313 g/mol. The van der Waals surface area contributed by atoms with E-state index < -0.39 is 0 Å². The minimum atomic E-state index is -0.388. The van der Waals surface area contributed by atoms with Gasteiger partial charge in [0.05, 0.1) is 30.5 Å². The largest absolute Gasteiger partial charge is 0.495 e. The topological polar surface area (TPSA) is 47.6 Å². The van der Waals surface area contributed by atoms with Gasteiger partial charge in [0.25, 0.3) is 5.91 Å². The first kappa shape index (κ1) is 15.5. The van der Waals surface area contributed by atoms with Crippen molar-refractivity contribution in [1.29, 1.82) is 0 Å². The van der Waals surface area contributed by atoms with E-state index in [2.05, 4.69) is 5.32 Å². The highest BCUT2D eigenvalue weighted by atomic mass is 35.5. The van der Waals surface area contributed by atoms with Crippen LogP contribution in [0, 0.1) is 0 Å².